The first-order valence-corrected chi connectivity index (χ1v) is 8.53. The zero-order chi connectivity index (χ0) is 16.5. The van der Waals surface area contributed by atoms with E-state index >= 15 is 0 Å². The molecule has 0 saturated heterocycles. The Morgan fingerprint density at radius 2 is 1.73 bits per heavy atom. The van der Waals surface area contributed by atoms with E-state index in [1.807, 2.05) is 33.8 Å². The summed E-state index contributed by atoms with van der Waals surface area (Å²) >= 11 is 0. The molecule has 4 nitrogen and oxygen atoms in total. The van der Waals surface area contributed by atoms with Gasteiger partial charge in [-0.3, -0.25) is 4.79 Å². The van der Waals surface area contributed by atoms with Crippen LogP contribution >= 0.6 is 0 Å². The number of nitrogens with zero attached hydrogens (tertiary/aromatic N) is 2. The first-order chi connectivity index (χ1) is 10.8. The minimum atomic E-state index is -0.00769. The maximum absolute atomic E-state index is 12.4. The fraction of sp³-hybridized carbons (Fsp3) is 0.556. The first kappa shape index (κ1) is 18.2. The largest absolute Gasteiger partial charge is 0.399 e. The number of rotatable bonds is 1. The highest BCUT2D eigenvalue weighted by Gasteiger charge is 2.18. The highest BCUT2D eigenvalue weighted by molar-refractivity contribution is 5.83. The number of anilines is 1. The Morgan fingerprint density at radius 3 is 2.36 bits per heavy atom. The third-order valence-electron chi connectivity index (χ3n) is 3.76. The Kier molecular flexibility index (Phi) is 7.64. The second kappa shape index (κ2) is 9.23. The summed E-state index contributed by atoms with van der Waals surface area (Å²) in [6.07, 6.45) is 7.53. The maximum atomic E-state index is 12.4. The summed E-state index contributed by atoms with van der Waals surface area (Å²) in [5.41, 5.74) is 6.37. The van der Waals surface area contributed by atoms with Crippen molar-refractivity contribution in [2.45, 2.75) is 65.8 Å². The summed E-state index contributed by atoms with van der Waals surface area (Å²) in [7, 11) is 0. The Balaban J connectivity index is 0.000000561. The number of aromatic nitrogens is 2. The van der Waals surface area contributed by atoms with E-state index in [0.717, 1.165) is 18.2 Å². The summed E-state index contributed by atoms with van der Waals surface area (Å²) in [5.74, 6) is 0. The first-order valence-electron chi connectivity index (χ1n) is 8.53. The summed E-state index contributed by atoms with van der Waals surface area (Å²) in [6, 6.07) is 5.66. The third-order valence-corrected chi connectivity index (χ3v) is 3.76. The Labute approximate surface area is 133 Å². The van der Waals surface area contributed by atoms with Gasteiger partial charge >= 0.3 is 0 Å². The van der Waals surface area contributed by atoms with Crippen LogP contribution in [0, 0.1) is 0 Å². The number of fused-ring (bicyclic) bond motifs is 1. The lowest BCUT2D eigenvalue weighted by Crippen LogP contribution is -2.28. The van der Waals surface area contributed by atoms with Crippen molar-refractivity contribution in [2.75, 3.05) is 5.73 Å². The van der Waals surface area contributed by atoms with E-state index in [1.54, 1.807) is 23.0 Å². The molecule has 0 aliphatic heterocycles. The van der Waals surface area contributed by atoms with Gasteiger partial charge in [-0.2, -0.15) is 5.10 Å². The van der Waals surface area contributed by atoms with Crippen molar-refractivity contribution in [3.05, 3.63) is 34.7 Å². The van der Waals surface area contributed by atoms with Crippen molar-refractivity contribution < 1.29 is 0 Å². The molecule has 0 atom stereocenters. The molecule has 1 saturated carbocycles. The van der Waals surface area contributed by atoms with Crippen molar-refractivity contribution in [3.63, 3.8) is 0 Å². The summed E-state index contributed by atoms with van der Waals surface area (Å²) in [4.78, 5) is 12.4. The molecule has 22 heavy (non-hydrogen) atoms. The minimum absolute atomic E-state index is 0.00769. The SMILES string of the molecule is CC.CC.Nc1ccc2cnn(C3CCCCC3)c(=O)c2c1. The van der Waals surface area contributed by atoms with Crippen molar-refractivity contribution >= 4 is 16.5 Å². The molecular weight excluding hydrogens is 274 g/mol. The highest BCUT2D eigenvalue weighted by Crippen LogP contribution is 2.26. The molecule has 0 radical (unpaired) electrons. The molecule has 1 aromatic carbocycles. The van der Waals surface area contributed by atoms with Crippen LogP contribution in [0.1, 0.15) is 65.8 Å². The zero-order valence-electron chi connectivity index (χ0n) is 14.3. The van der Waals surface area contributed by atoms with E-state index in [2.05, 4.69) is 5.10 Å². The maximum Gasteiger partial charge on any atom is 0.274 e. The smallest absolute Gasteiger partial charge is 0.274 e. The lowest BCUT2D eigenvalue weighted by atomic mass is 9.95. The Bertz CT molecular complexity index is 628. The van der Waals surface area contributed by atoms with E-state index in [9.17, 15) is 4.79 Å². The van der Waals surface area contributed by atoms with Crippen molar-refractivity contribution in [1.82, 2.24) is 9.78 Å². The van der Waals surface area contributed by atoms with Crippen LogP contribution < -0.4 is 11.3 Å². The molecule has 4 heteroatoms. The average Bonchev–Trinajstić information content (AvgIpc) is 2.60. The van der Waals surface area contributed by atoms with Crippen LogP contribution in [-0.2, 0) is 0 Å². The van der Waals surface area contributed by atoms with E-state index in [0.29, 0.717) is 11.1 Å². The van der Waals surface area contributed by atoms with Gasteiger partial charge in [0.2, 0.25) is 0 Å². The predicted octanol–water partition coefficient (Wildman–Crippen LogP) is 4.54. The summed E-state index contributed by atoms with van der Waals surface area (Å²) < 4.78 is 1.65. The van der Waals surface area contributed by atoms with Gasteiger partial charge in [-0.25, -0.2) is 4.68 Å². The lowest BCUT2D eigenvalue weighted by molar-refractivity contribution is 0.320. The number of hydrogen-bond acceptors (Lipinski definition) is 3. The molecule has 0 unspecified atom stereocenters. The third kappa shape index (κ3) is 4.09. The molecule has 0 bridgehead atoms. The highest BCUT2D eigenvalue weighted by atomic mass is 16.1. The van der Waals surface area contributed by atoms with Crippen LogP contribution in [0.15, 0.2) is 29.2 Å². The molecule has 1 aliphatic carbocycles. The molecular formula is C18H29N3O. The second-order valence-electron chi connectivity index (χ2n) is 5.03. The molecule has 3 rings (SSSR count). The molecule has 1 fully saturated rings. The van der Waals surface area contributed by atoms with E-state index < -0.39 is 0 Å². The van der Waals surface area contributed by atoms with E-state index in [4.69, 9.17) is 5.73 Å². The zero-order valence-corrected chi connectivity index (χ0v) is 14.3. The number of nitrogens with two attached hydrogens (primary N) is 1. The summed E-state index contributed by atoms with van der Waals surface area (Å²) in [5, 5.41) is 5.86. The van der Waals surface area contributed by atoms with Crippen LogP contribution in [0.5, 0.6) is 0 Å². The fourth-order valence-electron chi connectivity index (χ4n) is 2.76. The minimum Gasteiger partial charge on any atom is -0.399 e. The Morgan fingerprint density at radius 1 is 1.09 bits per heavy atom. The fourth-order valence-corrected chi connectivity index (χ4v) is 2.76. The lowest BCUT2D eigenvalue weighted by Gasteiger charge is -2.22. The van der Waals surface area contributed by atoms with E-state index in [-0.39, 0.29) is 11.6 Å². The van der Waals surface area contributed by atoms with Crippen molar-refractivity contribution in [2.24, 2.45) is 0 Å². The van der Waals surface area contributed by atoms with Gasteiger partial charge in [-0.1, -0.05) is 53.0 Å². The van der Waals surface area contributed by atoms with Gasteiger partial charge in [0.15, 0.2) is 0 Å². The molecule has 1 heterocycles. The van der Waals surface area contributed by atoms with Crippen LogP contribution in [-0.4, -0.2) is 9.78 Å². The predicted molar refractivity (Wildman–Crippen MR) is 95.2 cm³/mol. The molecule has 2 aromatic rings. The van der Waals surface area contributed by atoms with Gasteiger partial charge in [0, 0.05) is 11.1 Å². The monoisotopic (exact) mass is 303 g/mol. The normalized spacial score (nSPS) is 14.5. The van der Waals surface area contributed by atoms with Gasteiger partial charge in [0.05, 0.1) is 17.6 Å². The molecule has 2 N–H and O–H groups in total. The van der Waals surface area contributed by atoms with E-state index in [1.165, 1.54) is 19.3 Å². The summed E-state index contributed by atoms with van der Waals surface area (Å²) in [6.45, 7) is 8.00. The van der Waals surface area contributed by atoms with Gasteiger partial charge in [-0.15, -0.1) is 0 Å². The van der Waals surface area contributed by atoms with Gasteiger partial charge < -0.3 is 5.73 Å². The number of hydrogen-bond donors (Lipinski definition) is 1. The topological polar surface area (TPSA) is 60.9 Å². The standard InChI is InChI=1S/C14H17N3O.2C2H6/c15-11-7-6-10-9-16-17(14(18)13(10)8-11)12-4-2-1-3-5-12;2*1-2/h6-9,12H,1-5,15H2;2*1-2H3. The van der Waals surface area contributed by atoms with Gasteiger partial charge in [0.1, 0.15) is 0 Å². The second-order valence-corrected chi connectivity index (χ2v) is 5.03. The van der Waals surface area contributed by atoms with Crippen LogP contribution in [0.4, 0.5) is 5.69 Å². The molecule has 1 aromatic heterocycles. The molecule has 0 amide bonds. The van der Waals surface area contributed by atoms with Crippen molar-refractivity contribution in [3.8, 4) is 0 Å². The molecule has 1 aliphatic rings. The van der Waals surface area contributed by atoms with Crippen LogP contribution in [0.2, 0.25) is 0 Å². The van der Waals surface area contributed by atoms with Gasteiger partial charge in [0.25, 0.3) is 5.56 Å². The van der Waals surface area contributed by atoms with Gasteiger partial charge in [-0.05, 0) is 25.0 Å². The number of nitrogen functional groups attached to an aromatic ring is 1. The average molecular weight is 303 g/mol. The van der Waals surface area contributed by atoms with Crippen LogP contribution in [0.25, 0.3) is 10.8 Å². The number of benzene rings is 1. The quantitative estimate of drug-likeness (QED) is 0.787. The molecule has 0 spiro atoms. The van der Waals surface area contributed by atoms with Crippen LogP contribution in [0.3, 0.4) is 0 Å². The van der Waals surface area contributed by atoms with Crippen molar-refractivity contribution in [1.29, 1.82) is 0 Å². The Hall–Kier alpha value is -1.84. The molecule has 122 valence electrons.